The monoisotopic (exact) mass is 375 g/mol. The summed E-state index contributed by atoms with van der Waals surface area (Å²) >= 11 is 0. The van der Waals surface area contributed by atoms with Crippen molar-refractivity contribution < 1.29 is 14.6 Å². The van der Waals surface area contributed by atoms with Crippen molar-refractivity contribution >= 4 is 0 Å². The van der Waals surface area contributed by atoms with Crippen LogP contribution < -0.4 is 14.8 Å². The molecule has 144 valence electrons. The fraction of sp³-hybridized carbons (Fsp3) is 0.250. The van der Waals surface area contributed by atoms with Crippen LogP contribution in [0.1, 0.15) is 28.3 Å². The highest BCUT2D eigenvalue weighted by Crippen LogP contribution is 2.37. The number of methoxy groups -OCH3 is 1. The summed E-state index contributed by atoms with van der Waals surface area (Å²) in [5, 5.41) is 13.1. The first-order valence-corrected chi connectivity index (χ1v) is 9.62. The molecule has 0 unspecified atom stereocenters. The minimum atomic E-state index is 0.207. The van der Waals surface area contributed by atoms with E-state index in [9.17, 15) is 5.11 Å². The van der Waals surface area contributed by atoms with E-state index in [1.54, 1.807) is 19.2 Å². The standard InChI is InChI=1S/C24H25NO3/c1-27-23-14-19-11-12-25-22(13-17-7-9-20(26)10-8-17)21(19)15-24(23)28-16-18-5-3-2-4-6-18/h2-10,14-15,22,25-26H,11-13,16H2,1H3/t22-/m0/s1. The number of phenols is 1. The van der Waals surface area contributed by atoms with Gasteiger partial charge < -0.3 is 19.9 Å². The summed E-state index contributed by atoms with van der Waals surface area (Å²) in [5.74, 6) is 1.84. The molecule has 1 heterocycles. The molecule has 3 aromatic carbocycles. The maximum Gasteiger partial charge on any atom is 0.162 e. The van der Waals surface area contributed by atoms with Gasteiger partial charge in [-0.1, -0.05) is 42.5 Å². The van der Waals surface area contributed by atoms with Crippen LogP contribution in [0.4, 0.5) is 0 Å². The molecule has 0 bridgehead atoms. The maximum atomic E-state index is 9.52. The second-order valence-electron chi connectivity index (χ2n) is 7.10. The summed E-state index contributed by atoms with van der Waals surface area (Å²) in [5.41, 5.74) is 4.86. The average Bonchev–Trinajstić information content (AvgIpc) is 2.74. The van der Waals surface area contributed by atoms with Crippen LogP contribution in [0, 0.1) is 0 Å². The van der Waals surface area contributed by atoms with Crippen LogP contribution in [0.5, 0.6) is 17.2 Å². The highest BCUT2D eigenvalue weighted by molar-refractivity contribution is 5.50. The zero-order valence-electron chi connectivity index (χ0n) is 16.0. The quantitative estimate of drug-likeness (QED) is 0.670. The predicted molar refractivity (Wildman–Crippen MR) is 110 cm³/mol. The molecule has 0 amide bonds. The highest BCUT2D eigenvalue weighted by Gasteiger charge is 2.23. The summed E-state index contributed by atoms with van der Waals surface area (Å²) in [6.45, 7) is 1.44. The number of phenolic OH excluding ortho intramolecular Hbond substituents is 1. The summed E-state index contributed by atoms with van der Waals surface area (Å²) in [4.78, 5) is 0. The number of rotatable bonds is 6. The minimum Gasteiger partial charge on any atom is -0.508 e. The average molecular weight is 375 g/mol. The fourth-order valence-corrected chi connectivity index (χ4v) is 3.71. The van der Waals surface area contributed by atoms with Gasteiger partial charge in [0, 0.05) is 6.04 Å². The molecule has 0 fully saturated rings. The second-order valence-corrected chi connectivity index (χ2v) is 7.10. The third-order valence-electron chi connectivity index (χ3n) is 5.20. The Morgan fingerprint density at radius 2 is 1.75 bits per heavy atom. The molecule has 4 rings (SSSR count). The van der Waals surface area contributed by atoms with Gasteiger partial charge in [0.15, 0.2) is 11.5 Å². The molecule has 1 aliphatic heterocycles. The number of ether oxygens (including phenoxy) is 2. The Morgan fingerprint density at radius 3 is 2.50 bits per heavy atom. The third kappa shape index (κ3) is 4.12. The molecule has 0 saturated carbocycles. The van der Waals surface area contributed by atoms with E-state index in [0.717, 1.165) is 36.4 Å². The van der Waals surface area contributed by atoms with Crippen molar-refractivity contribution in [1.82, 2.24) is 5.32 Å². The molecule has 0 saturated heterocycles. The maximum absolute atomic E-state index is 9.52. The van der Waals surface area contributed by atoms with Crippen LogP contribution in [-0.4, -0.2) is 18.8 Å². The van der Waals surface area contributed by atoms with Gasteiger partial charge in [-0.2, -0.15) is 0 Å². The molecule has 0 radical (unpaired) electrons. The van der Waals surface area contributed by atoms with E-state index in [1.165, 1.54) is 16.7 Å². The van der Waals surface area contributed by atoms with Crippen molar-refractivity contribution in [3.63, 3.8) is 0 Å². The van der Waals surface area contributed by atoms with Gasteiger partial charge in [-0.15, -0.1) is 0 Å². The molecular weight excluding hydrogens is 350 g/mol. The van der Waals surface area contributed by atoms with Crippen LogP contribution in [0.2, 0.25) is 0 Å². The Morgan fingerprint density at radius 1 is 0.964 bits per heavy atom. The molecule has 4 heteroatoms. The molecule has 2 N–H and O–H groups in total. The number of benzene rings is 3. The first kappa shape index (κ1) is 18.4. The topological polar surface area (TPSA) is 50.7 Å². The number of fused-ring (bicyclic) bond motifs is 1. The van der Waals surface area contributed by atoms with Gasteiger partial charge in [0.25, 0.3) is 0 Å². The summed E-state index contributed by atoms with van der Waals surface area (Å²) in [6.07, 6.45) is 1.83. The number of aromatic hydroxyl groups is 1. The van der Waals surface area contributed by atoms with E-state index in [-0.39, 0.29) is 6.04 Å². The van der Waals surface area contributed by atoms with Crippen molar-refractivity contribution in [2.24, 2.45) is 0 Å². The van der Waals surface area contributed by atoms with Crippen molar-refractivity contribution in [3.8, 4) is 17.2 Å². The summed E-state index contributed by atoms with van der Waals surface area (Å²) in [7, 11) is 1.69. The van der Waals surface area contributed by atoms with E-state index < -0.39 is 0 Å². The first-order chi connectivity index (χ1) is 13.7. The van der Waals surface area contributed by atoms with Crippen LogP contribution in [0.25, 0.3) is 0 Å². The molecule has 1 aliphatic rings. The van der Waals surface area contributed by atoms with Gasteiger partial charge >= 0.3 is 0 Å². The van der Waals surface area contributed by atoms with Gasteiger partial charge in [-0.25, -0.2) is 0 Å². The molecule has 3 aromatic rings. The smallest absolute Gasteiger partial charge is 0.162 e. The first-order valence-electron chi connectivity index (χ1n) is 9.62. The minimum absolute atomic E-state index is 0.207. The lowest BCUT2D eigenvalue weighted by Gasteiger charge is -2.28. The van der Waals surface area contributed by atoms with E-state index in [2.05, 4.69) is 29.6 Å². The Hall–Kier alpha value is -2.98. The predicted octanol–water partition coefficient (Wildman–Crippen LogP) is 4.41. The van der Waals surface area contributed by atoms with Gasteiger partial charge in [0.1, 0.15) is 12.4 Å². The number of nitrogens with one attached hydrogen (secondary N) is 1. The SMILES string of the molecule is COc1cc2c(cc1OCc1ccccc1)[C@H](Cc1ccc(O)cc1)NCC2. The molecule has 0 aliphatic carbocycles. The van der Waals surface area contributed by atoms with Gasteiger partial charge in [-0.3, -0.25) is 0 Å². The summed E-state index contributed by atoms with van der Waals surface area (Å²) in [6, 6.07) is 22.0. The lowest BCUT2D eigenvalue weighted by Crippen LogP contribution is -2.31. The molecule has 28 heavy (non-hydrogen) atoms. The molecule has 4 nitrogen and oxygen atoms in total. The lowest BCUT2D eigenvalue weighted by atomic mass is 9.90. The Kier molecular flexibility index (Phi) is 5.49. The molecule has 0 aromatic heterocycles. The van der Waals surface area contributed by atoms with E-state index in [0.29, 0.717) is 12.4 Å². The Balaban J connectivity index is 1.59. The Labute approximate surface area is 165 Å². The number of hydrogen-bond donors (Lipinski definition) is 2. The van der Waals surface area contributed by atoms with Gasteiger partial charge in [0.05, 0.1) is 7.11 Å². The number of hydrogen-bond acceptors (Lipinski definition) is 4. The zero-order chi connectivity index (χ0) is 19.3. The van der Waals surface area contributed by atoms with E-state index in [1.807, 2.05) is 30.3 Å². The Bertz CT molecular complexity index is 923. The van der Waals surface area contributed by atoms with Crippen molar-refractivity contribution in [3.05, 3.63) is 89.0 Å². The molecule has 0 spiro atoms. The van der Waals surface area contributed by atoms with Crippen LogP contribution in [-0.2, 0) is 19.4 Å². The summed E-state index contributed by atoms with van der Waals surface area (Å²) < 4.78 is 11.7. The van der Waals surface area contributed by atoms with Gasteiger partial charge in [0.2, 0.25) is 0 Å². The largest absolute Gasteiger partial charge is 0.508 e. The molecule has 1 atom stereocenters. The second kappa shape index (κ2) is 8.36. The lowest BCUT2D eigenvalue weighted by molar-refractivity contribution is 0.283. The van der Waals surface area contributed by atoms with Crippen molar-refractivity contribution in [1.29, 1.82) is 0 Å². The van der Waals surface area contributed by atoms with Crippen molar-refractivity contribution in [2.45, 2.75) is 25.5 Å². The fourth-order valence-electron chi connectivity index (χ4n) is 3.71. The highest BCUT2D eigenvalue weighted by atomic mass is 16.5. The van der Waals surface area contributed by atoms with E-state index in [4.69, 9.17) is 9.47 Å². The van der Waals surface area contributed by atoms with E-state index >= 15 is 0 Å². The zero-order valence-corrected chi connectivity index (χ0v) is 16.0. The van der Waals surface area contributed by atoms with Crippen LogP contribution >= 0.6 is 0 Å². The van der Waals surface area contributed by atoms with Gasteiger partial charge in [-0.05, 0) is 65.9 Å². The van der Waals surface area contributed by atoms with Crippen molar-refractivity contribution in [2.75, 3.05) is 13.7 Å². The molecular formula is C24H25NO3. The van der Waals surface area contributed by atoms with Crippen LogP contribution in [0.15, 0.2) is 66.7 Å². The van der Waals surface area contributed by atoms with Crippen LogP contribution in [0.3, 0.4) is 0 Å². The third-order valence-corrected chi connectivity index (χ3v) is 5.20. The normalized spacial score (nSPS) is 15.7.